The van der Waals surface area contributed by atoms with E-state index in [1.165, 1.54) is 0 Å². The maximum absolute atomic E-state index is 10.2. The number of unbranched alkanes of at least 4 members (excludes halogenated alkanes) is 2. The van der Waals surface area contributed by atoms with Gasteiger partial charge in [0.1, 0.15) is 0 Å². The third-order valence-corrected chi connectivity index (χ3v) is 2.30. The summed E-state index contributed by atoms with van der Waals surface area (Å²) in [6.45, 7) is 3.99. The molecule has 0 aromatic heterocycles. The van der Waals surface area contributed by atoms with Crippen molar-refractivity contribution in [3.63, 3.8) is 0 Å². The topological polar surface area (TPSA) is 60.4 Å². The van der Waals surface area contributed by atoms with E-state index in [-0.39, 0.29) is 12.3 Å². The van der Waals surface area contributed by atoms with Crippen LogP contribution in [0.3, 0.4) is 0 Å². The molecular weight excluding hydrogens is 168 g/mol. The number of carboxylic acids is 1. The van der Waals surface area contributed by atoms with E-state index in [1.807, 2.05) is 6.92 Å². The molecule has 0 aromatic carbocycles. The predicted molar refractivity (Wildman–Crippen MR) is 48.9 cm³/mol. The summed E-state index contributed by atoms with van der Waals surface area (Å²) in [5.74, 6) is -1.11. The summed E-state index contributed by atoms with van der Waals surface area (Å²) in [5.41, 5.74) is 0. The molecule has 1 N–H and O–H groups in total. The van der Waals surface area contributed by atoms with Gasteiger partial charge in [0.2, 0.25) is 0 Å². The number of hydrogen-bond donors (Lipinski definition) is 1. The summed E-state index contributed by atoms with van der Waals surface area (Å²) in [6, 6.07) is 0. The van der Waals surface area contributed by atoms with Gasteiger partial charge in [-0.3, -0.25) is 0 Å². The van der Waals surface area contributed by atoms with E-state index in [9.17, 15) is 15.0 Å². The van der Waals surface area contributed by atoms with Crippen LogP contribution in [0.2, 0.25) is 0 Å². The van der Waals surface area contributed by atoms with E-state index < -0.39 is 12.1 Å². The molecule has 0 aliphatic carbocycles. The number of aliphatic hydroxyl groups excluding tert-OH is 1. The minimum absolute atomic E-state index is 0.0597. The molecule has 13 heavy (non-hydrogen) atoms. The van der Waals surface area contributed by atoms with Gasteiger partial charge < -0.3 is 15.0 Å². The first-order chi connectivity index (χ1) is 6.07. The number of carboxylic acid groups (broad SMARTS) is 1. The summed E-state index contributed by atoms with van der Waals surface area (Å²) in [5, 5.41) is 19.5. The fourth-order valence-corrected chi connectivity index (χ4v) is 1.28. The largest absolute Gasteiger partial charge is 0.550 e. The fraction of sp³-hybridized carbons (Fsp3) is 0.900. The van der Waals surface area contributed by atoms with Gasteiger partial charge in [-0.2, -0.15) is 0 Å². The van der Waals surface area contributed by atoms with Crippen molar-refractivity contribution in [3.8, 4) is 0 Å². The lowest BCUT2D eigenvalue weighted by Crippen LogP contribution is -2.30. The standard InChI is InChI=1S/C10H20O3/c1-3-4-5-6-8(2)9(11)7-10(12)13/h8-9,11H,3-7H2,1-2H3,(H,12,13)/p-1. The number of carbonyl (C=O) groups is 1. The van der Waals surface area contributed by atoms with Crippen molar-refractivity contribution in [2.24, 2.45) is 5.92 Å². The first kappa shape index (κ1) is 12.4. The summed E-state index contributed by atoms with van der Waals surface area (Å²) in [6.07, 6.45) is 3.24. The highest BCUT2D eigenvalue weighted by Crippen LogP contribution is 2.15. The Labute approximate surface area is 79.8 Å². The molecule has 0 amide bonds. The van der Waals surface area contributed by atoms with Crippen molar-refractivity contribution in [1.82, 2.24) is 0 Å². The predicted octanol–water partition coefficient (Wildman–Crippen LogP) is 0.704. The third kappa shape index (κ3) is 6.58. The first-order valence-electron chi connectivity index (χ1n) is 4.95. The summed E-state index contributed by atoms with van der Waals surface area (Å²) in [4.78, 5) is 10.2. The van der Waals surface area contributed by atoms with E-state index in [0.29, 0.717) is 0 Å². The molecule has 3 nitrogen and oxygen atoms in total. The molecule has 0 saturated heterocycles. The molecule has 0 radical (unpaired) electrons. The second-order valence-electron chi connectivity index (χ2n) is 3.62. The lowest BCUT2D eigenvalue weighted by Gasteiger charge is -2.18. The normalized spacial score (nSPS) is 15.3. The third-order valence-electron chi connectivity index (χ3n) is 2.30. The fourth-order valence-electron chi connectivity index (χ4n) is 1.28. The van der Waals surface area contributed by atoms with Gasteiger partial charge in [0.05, 0.1) is 6.10 Å². The van der Waals surface area contributed by atoms with Gasteiger partial charge in [-0.1, -0.05) is 33.1 Å². The van der Waals surface area contributed by atoms with Crippen LogP contribution in [0.5, 0.6) is 0 Å². The van der Waals surface area contributed by atoms with Crippen LogP contribution < -0.4 is 5.11 Å². The second kappa shape index (κ2) is 6.89. The molecule has 0 fully saturated rings. The van der Waals surface area contributed by atoms with E-state index in [1.54, 1.807) is 0 Å². The molecule has 0 bridgehead atoms. The minimum atomic E-state index is -1.17. The highest BCUT2D eigenvalue weighted by atomic mass is 16.4. The molecular formula is C10H19O3-. The lowest BCUT2D eigenvalue weighted by molar-refractivity contribution is -0.307. The Balaban J connectivity index is 3.56. The van der Waals surface area contributed by atoms with Gasteiger partial charge in [0.15, 0.2) is 0 Å². The van der Waals surface area contributed by atoms with Crippen LogP contribution in [0.25, 0.3) is 0 Å². The van der Waals surface area contributed by atoms with Crippen LogP contribution in [-0.2, 0) is 4.79 Å². The Hall–Kier alpha value is -0.570. The van der Waals surface area contributed by atoms with Crippen LogP contribution in [0.1, 0.15) is 46.0 Å². The van der Waals surface area contributed by atoms with Crippen molar-refractivity contribution >= 4 is 5.97 Å². The van der Waals surface area contributed by atoms with Gasteiger partial charge >= 0.3 is 0 Å². The second-order valence-corrected chi connectivity index (χ2v) is 3.62. The molecule has 2 atom stereocenters. The molecule has 0 heterocycles. The lowest BCUT2D eigenvalue weighted by atomic mass is 9.95. The molecule has 0 saturated carbocycles. The molecule has 0 spiro atoms. The average Bonchev–Trinajstić information content (AvgIpc) is 2.03. The van der Waals surface area contributed by atoms with Gasteiger partial charge in [0.25, 0.3) is 0 Å². The average molecular weight is 187 g/mol. The van der Waals surface area contributed by atoms with Crippen LogP contribution in [0.15, 0.2) is 0 Å². The van der Waals surface area contributed by atoms with E-state index >= 15 is 0 Å². The zero-order valence-corrected chi connectivity index (χ0v) is 8.45. The molecule has 0 aliphatic rings. The molecule has 2 unspecified atom stereocenters. The molecule has 0 rings (SSSR count). The van der Waals surface area contributed by atoms with Gasteiger partial charge in [-0.05, 0) is 12.3 Å². The van der Waals surface area contributed by atoms with E-state index in [0.717, 1.165) is 25.7 Å². The number of aliphatic carboxylic acids is 1. The monoisotopic (exact) mass is 187 g/mol. The van der Waals surface area contributed by atoms with Crippen molar-refractivity contribution < 1.29 is 15.0 Å². The van der Waals surface area contributed by atoms with Crippen molar-refractivity contribution in [1.29, 1.82) is 0 Å². The first-order valence-corrected chi connectivity index (χ1v) is 4.95. The van der Waals surface area contributed by atoms with Crippen LogP contribution in [0.4, 0.5) is 0 Å². The number of rotatable bonds is 7. The highest BCUT2D eigenvalue weighted by Gasteiger charge is 2.13. The van der Waals surface area contributed by atoms with Gasteiger partial charge in [-0.25, -0.2) is 0 Å². The number of carbonyl (C=O) groups excluding carboxylic acids is 1. The highest BCUT2D eigenvalue weighted by molar-refractivity contribution is 5.64. The molecule has 0 aliphatic heterocycles. The van der Waals surface area contributed by atoms with Gasteiger partial charge in [0, 0.05) is 12.4 Å². The van der Waals surface area contributed by atoms with Crippen LogP contribution >= 0.6 is 0 Å². The van der Waals surface area contributed by atoms with E-state index in [4.69, 9.17) is 0 Å². The summed E-state index contributed by atoms with van der Waals surface area (Å²) in [7, 11) is 0. The summed E-state index contributed by atoms with van der Waals surface area (Å²) >= 11 is 0. The number of aliphatic hydroxyl groups is 1. The molecule has 78 valence electrons. The van der Waals surface area contributed by atoms with E-state index in [2.05, 4.69) is 6.92 Å². The Morgan fingerprint density at radius 1 is 1.46 bits per heavy atom. The SMILES string of the molecule is CCCCCC(C)C(O)CC(=O)[O-]. The molecule has 0 aromatic rings. The van der Waals surface area contributed by atoms with Crippen molar-refractivity contribution in [3.05, 3.63) is 0 Å². The van der Waals surface area contributed by atoms with Crippen molar-refractivity contribution in [2.45, 2.75) is 52.1 Å². The Kier molecular flexibility index (Phi) is 6.59. The zero-order valence-electron chi connectivity index (χ0n) is 8.45. The summed E-state index contributed by atoms with van der Waals surface area (Å²) < 4.78 is 0. The van der Waals surface area contributed by atoms with Crippen LogP contribution in [0, 0.1) is 5.92 Å². The maximum Gasteiger partial charge on any atom is 0.0617 e. The number of hydrogen-bond acceptors (Lipinski definition) is 3. The Bertz CT molecular complexity index is 145. The van der Waals surface area contributed by atoms with Gasteiger partial charge in [-0.15, -0.1) is 0 Å². The Morgan fingerprint density at radius 3 is 2.54 bits per heavy atom. The quantitative estimate of drug-likeness (QED) is 0.597. The molecule has 3 heteroatoms. The van der Waals surface area contributed by atoms with Crippen LogP contribution in [-0.4, -0.2) is 17.2 Å². The maximum atomic E-state index is 10.2. The van der Waals surface area contributed by atoms with Crippen molar-refractivity contribution in [2.75, 3.05) is 0 Å². The Morgan fingerprint density at radius 2 is 2.08 bits per heavy atom. The minimum Gasteiger partial charge on any atom is -0.550 e. The smallest absolute Gasteiger partial charge is 0.0617 e. The zero-order chi connectivity index (χ0) is 10.3.